The summed E-state index contributed by atoms with van der Waals surface area (Å²) in [5.41, 5.74) is 5.51. The summed E-state index contributed by atoms with van der Waals surface area (Å²) in [5.74, 6) is 0. The molecule has 0 aliphatic heterocycles. The molecule has 0 saturated carbocycles. The highest BCUT2D eigenvalue weighted by molar-refractivity contribution is 5.81. The number of para-hydroxylation sites is 1. The predicted molar refractivity (Wildman–Crippen MR) is 98.1 cm³/mol. The van der Waals surface area contributed by atoms with Gasteiger partial charge in [0.1, 0.15) is 0 Å². The Labute approximate surface area is 140 Å². The van der Waals surface area contributed by atoms with Crippen molar-refractivity contribution in [2.24, 2.45) is 0 Å². The van der Waals surface area contributed by atoms with Crippen LogP contribution in [-0.2, 0) is 0 Å². The number of H-pyrrole nitrogens is 2. The first-order valence-corrected chi connectivity index (χ1v) is 7.78. The Kier molecular flexibility index (Phi) is 4.57. The molecular weight excluding hydrogens is 298 g/mol. The number of aromatic nitrogens is 3. The maximum Gasteiger partial charge on any atom is 0.248 e. The molecule has 2 aromatic carbocycles. The maximum atomic E-state index is 11.0. The van der Waals surface area contributed by atoms with Gasteiger partial charge in [-0.1, -0.05) is 48.0 Å². The third kappa shape index (κ3) is 3.60. The lowest BCUT2D eigenvalue weighted by molar-refractivity contribution is 1.09. The molecule has 0 saturated heterocycles. The smallest absolute Gasteiger partial charge is 0.248 e. The van der Waals surface area contributed by atoms with E-state index in [1.807, 2.05) is 43.6 Å². The highest BCUT2D eigenvalue weighted by atomic mass is 16.1. The number of rotatable bonds is 1. The standard InChI is InChI=1S/C10H10N2.C10H9NO/c1-8-2-4-9(5-3-8)10-6-11-12-7-10;1-7-6-10(12)11-9-5-3-2-4-8(7)9/h2-7H,1H3,(H,11,12);2-6H,1H3,(H,11,12). The van der Waals surface area contributed by atoms with Crippen molar-refractivity contribution >= 4 is 10.9 Å². The van der Waals surface area contributed by atoms with Gasteiger partial charge in [0.2, 0.25) is 5.56 Å². The Morgan fingerprint density at radius 2 is 1.67 bits per heavy atom. The minimum Gasteiger partial charge on any atom is -0.322 e. The van der Waals surface area contributed by atoms with Gasteiger partial charge in [0.15, 0.2) is 0 Å². The van der Waals surface area contributed by atoms with Gasteiger partial charge in [0.05, 0.1) is 6.20 Å². The second kappa shape index (κ2) is 6.96. The van der Waals surface area contributed by atoms with Crippen molar-refractivity contribution in [3.05, 3.63) is 88.5 Å². The number of benzene rings is 2. The van der Waals surface area contributed by atoms with Crippen LogP contribution in [0.15, 0.2) is 71.8 Å². The Balaban J connectivity index is 0.000000141. The van der Waals surface area contributed by atoms with Crippen molar-refractivity contribution in [3.8, 4) is 11.1 Å². The van der Waals surface area contributed by atoms with Crippen LogP contribution in [-0.4, -0.2) is 15.2 Å². The van der Waals surface area contributed by atoms with Crippen LogP contribution < -0.4 is 5.56 Å². The number of hydrogen-bond acceptors (Lipinski definition) is 2. The molecule has 0 spiro atoms. The van der Waals surface area contributed by atoms with Gasteiger partial charge in [-0.3, -0.25) is 9.89 Å². The first-order valence-electron chi connectivity index (χ1n) is 7.78. The highest BCUT2D eigenvalue weighted by Crippen LogP contribution is 2.17. The van der Waals surface area contributed by atoms with Gasteiger partial charge in [-0.25, -0.2) is 0 Å². The molecule has 4 nitrogen and oxygen atoms in total. The first kappa shape index (κ1) is 15.7. The second-order valence-corrected chi connectivity index (χ2v) is 5.72. The SMILES string of the molecule is Cc1cc(=O)[nH]c2ccccc12.Cc1ccc(-c2cn[nH]c2)cc1. The number of nitrogens with one attached hydrogen (secondary N) is 2. The summed E-state index contributed by atoms with van der Waals surface area (Å²) in [7, 11) is 0. The summed E-state index contributed by atoms with van der Waals surface area (Å²) in [4.78, 5) is 13.8. The summed E-state index contributed by atoms with van der Waals surface area (Å²) in [5, 5.41) is 7.80. The van der Waals surface area contributed by atoms with Crippen molar-refractivity contribution in [2.45, 2.75) is 13.8 Å². The molecule has 0 aliphatic rings. The van der Waals surface area contributed by atoms with Crippen molar-refractivity contribution in [1.29, 1.82) is 0 Å². The molecule has 4 rings (SSSR count). The molecule has 0 atom stereocenters. The van der Waals surface area contributed by atoms with Gasteiger partial charge >= 0.3 is 0 Å². The molecular formula is C20H19N3O. The van der Waals surface area contributed by atoms with Crippen LogP contribution in [0.1, 0.15) is 11.1 Å². The van der Waals surface area contributed by atoms with Gasteiger partial charge < -0.3 is 4.98 Å². The van der Waals surface area contributed by atoms with E-state index < -0.39 is 0 Å². The zero-order valence-electron chi connectivity index (χ0n) is 13.7. The third-order valence-corrected chi connectivity index (χ3v) is 3.84. The van der Waals surface area contributed by atoms with E-state index in [1.54, 1.807) is 6.07 Å². The number of pyridine rings is 1. The van der Waals surface area contributed by atoms with Gasteiger partial charge in [0, 0.05) is 28.7 Å². The molecule has 24 heavy (non-hydrogen) atoms. The lowest BCUT2D eigenvalue weighted by atomic mass is 10.1. The highest BCUT2D eigenvalue weighted by Gasteiger charge is 1.97. The van der Waals surface area contributed by atoms with Crippen LogP contribution >= 0.6 is 0 Å². The molecule has 4 heteroatoms. The van der Waals surface area contributed by atoms with E-state index in [-0.39, 0.29) is 5.56 Å². The van der Waals surface area contributed by atoms with E-state index in [0.717, 1.165) is 22.0 Å². The molecule has 0 aliphatic carbocycles. The largest absolute Gasteiger partial charge is 0.322 e. The molecule has 0 radical (unpaired) electrons. The molecule has 2 heterocycles. The van der Waals surface area contributed by atoms with Crippen LogP contribution in [0.25, 0.3) is 22.0 Å². The Morgan fingerprint density at radius 1 is 0.917 bits per heavy atom. The molecule has 2 aromatic heterocycles. The Bertz CT molecular complexity index is 984. The number of nitrogens with zero attached hydrogens (tertiary/aromatic N) is 1. The van der Waals surface area contributed by atoms with Gasteiger partial charge in [-0.05, 0) is 31.0 Å². The minimum atomic E-state index is -0.0359. The molecule has 2 N–H and O–H groups in total. The van der Waals surface area contributed by atoms with Gasteiger partial charge in [-0.15, -0.1) is 0 Å². The van der Waals surface area contributed by atoms with E-state index in [2.05, 4.69) is 46.4 Å². The van der Waals surface area contributed by atoms with Crippen LogP contribution in [0.4, 0.5) is 0 Å². The molecule has 120 valence electrons. The Hall–Kier alpha value is -3.14. The average molecular weight is 317 g/mol. The normalized spacial score (nSPS) is 10.2. The van der Waals surface area contributed by atoms with E-state index in [4.69, 9.17) is 0 Å². The predicted octanol–water partition coefficient (Wildman–Crippen LogP) is 4.22. The molecule has 0 unspecified atom stereocenters. The van der Waals surface area contributed by atoms with E-state index >= 15 is 0 Å². The molecule has 0 fully saturated rings. The molecule has 0 bridgehead atoms. The summed E-state index contributed by atoms with van der Waals surface area (Å²) >= 11 is 0. The van der Waals surface area contributed by atoms with E-state index in [9.17, 15) is 4.79 Å². The van der Waals surface area contributed by atoms with Gasteiger partial charge in [0.25, 0.3) is 0 Å². The number of aryl methyl sites for hydroxylation is 2. The average Bonchev–Trinajstić information content (AvgIpc) is 3.10. The molecule has 4 aromatic rings. The fourth-order valence-electron chi connectivity index (χ4n) is 2.53. The first-order chi connectivity index (χ1) is 11.6. The maximum absolute atomic E-state index is 11.0. The van der Waals surface area contributed by atoms with Crippen LogP contribution in [0.5, 0.6) is 0 Å². The van der Waals surface area contributed by atoms with Crippen molar-refractivity contribution < 1.29 is 0 Å². The van der Waals surface area contributed by atoms with E-state index in [1.165, 1.54) is 11.1 Å². The third-order valence-electron chi connectivity index (χ3n) is 3.84. The summed E-state index contributed by atoms with van der Waals surface area (Å²) < 4.78 is 0. The second-order valence-electron chi connectivity index (χ2n) is 5.72. The molecule has 0 amide bonds. The summed E-state index contributed by atoms with van der Waals surface area (Å²) in [6.45, 7) is 4.02. The number of fused-ring (bicyclic) bond motifs is 1. The minimum absolute atomic E-state index is 0.0359. The van der Waals surface area contributed by atoms with Crippen molar-refractivity contribution in [1.82, 2.24) is 15.2 Å². The zero-order valence-corrected chi connectivity index (χ0v) is 13.7. The zero-order chi connectivity index (χ0) is 16.9. The Morgan fingerprint density at radius 3 is 2.38 bits per heavy atom. The number of aromatic amines is 2. The summed E-state index contributed by atoms with van der Waals surface area (Å²) in [6.07, 6.45) is 3.72. The number of hydrogen-bond donors (Lipinski definition) is 2. The van der Waals surface area contributed by atoms with Crippen LogP contribution in [0.3, 0.4) is 0 Å². The van der Waals surface area contributed by atoms with Crippen molar-refractivity contribution in [3.63, 3.8) is 0 Å². The monoisotopic (exact) mass is 317 g/mol. The fraction of sp³-hybridized carbons (Fsp3) is 0.100. The fourth-order valence-corrected chi connectivity index (χ4v) is 2.53. The lowest BCUT2D eigenvalue weighted by Gasteiger charge is -1.98. The summed E-state index contributed by atoms with van der Waals surface area (Å²) in [6, 6.07) is 17.8. The quantitative estimate of drug-likeness (QED) is 0.552. The van der Waals surface area contributed by atoms with Crippen LogP contribution in [0, 0.1) is 13.8 Å². The van der Waals surface area contributed by atoms with Crippen molar-refractivity contribution in [2.75, 3.05) is 0 Å². The lowest BCUT2D eigenvalue weighted by Crippen LogP contribution is -2.04. The van der Waals surface area contributed by atoms with Gasteiger partial charge in [-0.2, -0.15) is 5.10 Å². The topological polar surface area (TPSA) is 61.5 Å². The van der Waals surface area contributed by atoms with Crippen LogP contribution in [0.2, 0.25) is 0 Å². The van der Waals surface area contributed by atoms with E-state index in [0.29, 0.717) is 0 Å².